The summed E-state index contributed by atoms with van der Waals surface area (Å²) < 4.78 is 34.8. The predicted molar refractivity (Wildman–Crippen MR) is 195 cm³/mol. The average molecular weight is 730 g/mol. The Kier molecular flexibility index (Phi) is 13.3. The average Bonchev–Trinajstić information content (AvgIpc) is 3.74. The number of nitriles is 1. The van der Waals surface area contributed by atoms with Gasteiger partial charge < -0.3 is 30.7 Å². The third kappa shape index (κ3) is 9.84. The van der Waals surface area contributed by atoms with Gasteiger partial charge in [0.25, 0.3) is 0 Å². The maximum Gasteiger partial charge on any atom is 0.249 e. The van der Waals surface area contributed by atoms with Gasteiger partial charge in [-0.3, -0.25) is 14.4 Å². The molecule has 2 unspecified atom stereocenters. The Balaban J connectivity index is 1.38. The van der Waals surface area contributed by atoms with Crippen molar-refractivity contribution in [1.82, 2.24) is 20.9 Å². The Bertz CT molecular complexity index is 1770. The summed E-state index contributed by atoms with van der Waals surface area (Å²) in [5.41, 5.74) is 1.41. The van der Waals surface area contributed by atoms with Crippen LogP contribution in [0.3, 0.4) is 0 Å². The summed E-state index contributed by atoms with van der Waals surface area (Å²) in [6, 6.07) is 19.4. The van der Waals surface area contributed by atoms with E-state index in [1.165, 1.54) is 24.0 Å². The number of aliphatic hydroxyl groups excluding tert-OH is 1. The van der Waals surface area contributed by atoms with Gasteiger partial charge >= 0.3 is 0 Å². The van der Waals surface area contributed by atoms with E-state index in [9.17, 15) is 33.5 Å². The fraction of sp³-hybridized carbons (Fsp3) is 0.463. The summed E-state index contributed by atoms with van der Waals surface area (Å²) in [6.07, 6.45) is 0.508. The van der Waals surface area contributed by atoms with Crippen LogP contribution in [-0.2, 0) is 38.6 Å². The Morgan fingerprint density at radius 3 is 2.47 bits per heavy atom. The summed E-state index contributed by atoms with van der Waals surface area (Å²) in [5, 5.41) is 30.3. The number of benzene rings is 3. The number of aliphatic hydroxyl groups is 1. The van der Waals surface area contributed by atoms with Crippen molar-refractivity contribution in [2.24, 2.45) is 5.92 Å². The molecule has 2 fully saturated rings. The second-order valence-electron chi connectivity index (χ2n) is 14.3. The minimum absolute atomic E-state index is 0.0890. The molecule has 0 spiro atoms. The first-order valence-corrected chi connectivity index (χ1v) is 18.3. The topological polar surface area (TPSA) is 144 Å². The number of ether oxygens (including phenoxy) is 1. The molecule has 3 aromatic rings. The van der Waals surface area contributed by atoms with Crippen LogP contribution in [0.15, 0.2) is 72.8 Å². The second-order valence-corrected chi connectivity index (χ2v) is 14.3. The highest BCUT2D eigenvalue weighted by atomic mass is 19.1. The zero-order chi connectivity index (χ0) is 38.1. The molecule has 282 valence electrons. The Morgan fingerprint density at radius 1 is 1.08 bits per heavy atom. The van der Waals surface area contributed by atoms with Gasteiger partial charge in [0.2, 0.25) is 17.7 Å². The number of nitrogens with one attached hydrogen (secondary N) is 3. The van der Waals surface area contributed by atoms with Crippen molar-refractivity contribution in [3.63, 3.8) is 0 Å². The number of rotatable bonds is 16. The Labute approximate surface area is 309 Å². The molecule has 2 aliphatic rings. The zero-order valence-corrected chi connectivity index (χ0v) is 30.5. The summed E-state index contributed by atoms with van der Waals surface area (Å²) in [4.78, 5) is 42.7. The number of nitrogens with zero attached hydrogens (tertiary/aromatic N) is 2. The van der Waals surface area contributed by atoms with Gasteiger partial charge in [0.15, 0.2) is 0 Å². The summed E-state index contributed by atoms with van der Waals surface area (Å²) in [5.74, 6) is -2.94. The van der Waals surface area contributed by atoms with Gasteiger partial charge in [0.05, 0.1) is 36.5 Å². The molecule has 3 amide bonds. The number of likely N-dealkylation sites (tertiary alicyclic amines) is 1. The van der Waals surface area contributed by atoms with E-state index in [0.717, 1.165) is 17.2 Å². The molecule has 5 rings (SSSR count). The molecular weight excluding hydrogens is 680 g/mol. The molecule has 12 heteroatoms. The molecule has 0 bridgehead atoms. The first kappa shape index (κ1) is 39.5. The maximum absolute atomic E-state index is 14.5. The quantitative estimate of drug-likeness (QED) is 0.172. The van der Waals surface area contributed by atoms with Crippen LogP contribution in [0.1, 0.15) is 68.7 Å². The minimum atomic E-state index is -1.21. The van der Waals surface area contributed by atoms with Crippen LogP contribution in [0.2, 0.25) is 0 Å². The van der Waals surface area contributed by atoms with E-state index in [1.807, 2.05) is 50.2 Å². The summed E-state index contributed by atoms with van der Waals surface area (Å²) >= 11 is 0. The Hall–Kier alpha value is -4.70. The standard InChI is InChI=1S/C41H49F2N5O5/c1-4-26(2)41(47-27(3)49)15-16-48(40(41)52)37(14-13-28-9-6-5-7-10-28)39(51)46-36(20-31-18-32(42)21-33(43)19-31)38(50)35-22-34(24-45-35)53-25-30-12-8-11-29(17-30)23-44/h5-12,17-19,21,26,34-38,45,50H,4,13-16,20,22,24-25H2,1-3H3,(H,46,51)(H,47,49)/t26-,34-,35-,36+,37?,38-,41?/m1/s1. The smallest absolute Gasteiger partial charge is 0.249 e. The monoisotopic (exact) mass is 729 g/mol. The SMILES string of the molecule is CC[C@@H](C)C1(NC(C)=O)CCN(C(CCc2ccccc2)C(=O)N[C@@H](Cc2cc(F)cc(F)c2)[C@H](O)[C@H]2C[C@@H](OCc3cccc(C#N)c3)CN2)C1=O. The molecule has 2 aliphatic heterocycles. The number of amides is 3. The number of hydrogen-bond donors (Lipinski definition) is 4. The second kappa shape index (κ2) is 17.9. The van der Waals surface area contributed by atoms with Crippen molar-refractivity contribution in [2.75, 3.05) is 13.1 Å². The first-order chi connectivity index (χ1) is 25.4. The lowest BCUT2D eigenvalue weighted by Crippen LogP contribution is -2.61. The molecule has 4 N–H and O–H groups in total. The van der Waals surface area contributed by atoms with E-state index in [4.69, 9.17) is 4.74 Å². The maximum atomic E-state index is 14.5. The lowest BCUT2D eigenvalue weighted by Gasteiger charge is -2.36. The molecule has 0 saturated carbocycles. The molecular formula is C41H49F2N5O5. The summed E-state index contributed by atoms with van der Waals surface area (Å²) in [6.45, 7) is 6.15. The van der Waals surface area contributed by atoms with Crippen LogP contribution >= 0.6 is 0 Å². The van der Waals surface area contributed by atoms with E-state index < -0.39 is 47.3 Å². The van der Waals surface area contributed by atoms with Crippen LogP contribution in [0, 0.1) is 28.9 Å². The molecule has 2 heterocycles. The van der Waals surface area contributed by atoms with E-state index >= 15 is 0 Å². The van der Waals surface area contributed by atoms with Gasteiger partial charge in [-0.25, -0.2) is 8.78 Å². The van der Waals surface area contributed by atoms with Crippen molar-refractivity contribution in [2.45, 2.75) is 102 Å². The third-order valence-electron chi connectivity index (χ3n) is 10.7. The minimum Gasteiger partial charge on any atom is -0.389 e. The predicted octanol–water partition coefficient (Wildman–Crippen LogP) is 4.33. The van der Waals surface area contributed by atoms with E-state index in [-0.39, 0.29) is 55.4 Å². The first-order valence-electron chi connectivity index (χ1n) is 18.3. The molecule has 0 aliphatic carbocycles. The Morgan fingerprint density at radius 2 is 1.79 bits per heavy atom. The van der Waals surface area contributed by atoms with Gasteiger partial charge in [-0.15, -0.1) is 0 Å². The highest BCUT2D eigenvalue weighted by Gasteiger charge is 2.53. The molecule has 2 saturated heterocycles. The van der Waals surface area contributed by atoms with Crippen molar-refractivity contribution in [1.29, 1.82) is 5.26 Å². The molecule has 10 nitrogen and oxygen atoms in total. The van der Waals surface area contributed by atoms with Crippen molar-refractivity contribution >= 4 is 17.7 Å². The molecule has 3 aromatic carbocycles. The lowest BCUT2D eigenvalue weighted by molar-refractivity contribution is -0.144. The fourth-order valence-electron chi connectivity index (χ4n) is 7.66. The van der Waals surface area contributed by atoms with Crippen LogP contribution in [0.4, 0.5) is 8.78 Å². The summed E-state index contributed by atoms with van der Waals surface area (Å²) in [7, 11) is 0. The molecule has 7 atom stereocenters. The lowest BCUT2D eigenvalue weighted by atomic mass is 9.81. The third-order valence-corrected chi connectivity index (χ3v) is 10.7. The normalized spacial score (nSPS) is 22.1. The van der Waals surface area contributed by atoms with Crippen LogP contribution in [0.25, 0.3) is 0 Å². The van der Waals surface area contributed by atoms with Crippen LogP contribution in [0.5, 0.6) is 0 Å². The van der Waals surface area contributed by atoms with Crippen LogP contribution in [-0.4, -0.2) is 76.7 Å². The van der Waals surface area contributed by atoms with Crippen molar-refractivity contribution in [3.8, 4) is 6.07 Å². The molecule has 53 heavy (non-hydrogen) atoms. The fourth-order valence-corrected chi connectivity index (χ4v) is 7.66. The molecule has 0 radical (unpaired) electrons. The van der Waals surface area contributed by atoms with E-state index in [2.05, 4.69) is 22.0 Å². The van der Waals surface area contributed by atoms with Crippen molar-refractivity contribution in [3.05, 3.63) is 107 Å². The number of hydrogen-bond acceptors (Lipinski definition) is 7. The zero-order valence-electron chi connectivity index (χ0n) is 30.5. The van der Waals surface area contributed by atoms with Gasteiger partial charge in [-0.1, -0.05) is 62.7 Å². The number of aryl methyl sites for hydroxylation is 1. The van der Waals surface area contributed by atoms with Crippen molar-refractivity contribution < 1.29 is 33.0 Å². The van der Waals surface area contributed by atoms with Gasteiger partial charge in [0, 0.05) is 32.1 Å². The largest absolute Gasteiger partial charge is 0.389 e. The highest BCUT2D eigenvalue weighted by Crippen LogP contribution is 2.35. The number of carbonyl (C=O) groups is 3. The van der Waals surface area contributed by atoms with Gasteiger partial charge in [-0.05, 0) is 79.0 Å². The van der Waals surface area contributed by atoms with Gasteiger partial charge in [-0.2, -0.15) is 5.26 Å². The highest BCUT2D eigenvalue weighted by molar-refractivity contribution is 5.96. The van der Waals surface area contributed by atoms with Gasteiger partial charge in [0.1, 0.15) is 23.2 Å². The van der Waals surface area contributed by atoms with E-state index in [0.29, 0.717) is 37.8 Å². The van der Waals surface area contributed by atoms with E-state index in [1.54, 1.807) is 18.2 Å². The number of halogens is 2. The number of carbonyl (C=O) groups excluding carboxylic acids is 3. The van der Waals surface area contributed by atoms with Crippen LogP contribution < -0.4 is 16.0 Å². The molecule has 0 aromatic heterocycles.